The van der Waals surface area contributed by atoms with Crippen molar-refractivity contribution >= 4 is 0 Å². The van der Waals surface area contributed by atoms with E-state index in [2.05, 4.69) is 39.1 Å². The highest BCUT2D eigenvalue weighted by Crippen LogP contribution is 2.06. The van der Waals surface area contributed by atoms with E-state index in [4.69, 9.17) is 0 Å². The van der Waals surface area contributed by atoms with E-state index in [1.807, 2.05) is 0 Å². The van der Waals surface area contributed by atoms with Crippen molar-refractivity contribution in [2.24, 2.45) is 0 Å². The first-order valence-electron chi connectivity index (χ1n) is 6.09. The zero-order valence-electron chi connectivity index (χ0n) is 10.4. The second-order valence-corrected chi connectivity index (χ2v) is 4.30. The van der Waals surface area contributed by atoms with Gasteiger partial charge in [-0.25, -0.2) is 0 Å². The van der Waals surface area contributed by atoms with E-state index in [1.54, 1.807) is 0 Å². The Labute approximate surface area is 90.0 Å². The Morgan fingerprint density at radius 2 is 1.86 bits per heavy atom. The van der Waals surface area contributed by atoms with Crippen LogP contribution in [0.5, 0.6) is 0 Å². The molecule has 0 amide bonds. The molecule has 14 heavy (non-hydrogen) atoms. The number of unbranched alkanes of at least 4 members (excludes halogenated alkanes) is 2. The van der Waals surface area contributed by atoms with Gasteiger partial charge in [-0.05, 0) is 33.2 Å². The van der Waals surface area contributed by atoms with Crippen molar-refractivity contribution in [3.8, 4) is 0 Å². The van der Waals surface area contributed by atoms with Crippen molar-refractivity contribution in [3.63, 3.8) is 0 Å². The minimum atomic E-state index is 0.603. The van der Waals surface area contributed by atoms with Crippen LogP contribution in [0.15, 0.2) is 11.6 Å². The molecular formula is C13H27N. The molecule has 0 heterocycles. The van der Waals surface area contributed by atoms with Gasteiger partial charge in [0.25, 0.3) is 0 Å². The Morgan fingerprint density at radius 3 is 2.36 bits per heavy atom. The number of nitrogens with one attached hydrogen (secondary N) is 1. The van der Waals surface area contributed by atoms with Gasteiger partial charge in [0.05, 0.1) is 0 Å². The molecule has 0 radical (unpaired) electrons. The Morgan fingerprint density at radius 1 is 1.14 bits per heavy atom. The predicted molar refractivity (Wildman–Crippen MR) is 65.7 cm³/mol. The molecule has 0 aliphatic rings. The van der Waals surface area contributed by atoms with Gasteiger partial charge >= 0.3 is 0 Å². The van der Waals surface area contributed by atoms with Crippen molar-refractivity contribution in [2.75, 3.05) is 6.54 Å². The van der Waals surface area contributed by atoms with Crippen LogP contribution in [-0.2, 0) is 0 Å². The van der Waals surface area contributed by atoms with Crippen molar-refractivity contribution in [1.82, 2.24) is 5.32 Å². The van der Waals surface area contributed by atoms with Gasteiger partial charge in [0, 0.05) is 6.04 Å². The van der Waals surface area contributed by atoms with Gasteiger partial charge in [-0.15, -0.1) is 0 Å². The van der Waals surface area contributed by atoms with E-state index in [1.165, 1.54) is 37.7 Å². The fraction of sp³-hybridized carbons (Fsp3) is 0.846. The summed E-state index contributed by atoms with van der Waals surface area (Å²) in [6.45, 7) is 9.98. The first kappa shape index (κ1) is 13.7. The average molecular weight is 197 g/mol. The number of hydrogen-bond acceptors (Lipinski definition) is 1. The lowest BCUT2D eigenvalue weighted by atomic mass is 10.1. The highest BCUT2D eigenvalue weighted by atomic mass is 14.9. The van der Waals surface area contributed by atoms with Crippen LogP contribution in [0.25, 0.3) is 0 Å². The van der Waals surface area contributed by atoms with E-state index in [0.717, 1.165) is 6.54 Å². The van der Waals surface area contributed by atoms with E-state index >= 15 is 0 Å². The van der Waals surface area contributed by atoms with Crippen molar-refractivity contribution in [1.29, 1.82) is 0 Å². The average Bonchev–Trinajstić information content (AvgIpc) is 2.13. The Balaban J connectivity index is 3.79. The minimum Gasteiger partial charge on any atom is -0.311 e. The van der Waals surface area contributed by atoms with Gasteiger partial charge in [-0.1, -0.05) is 44.8 Å². The molecule has 1 atom stereocenters. The Hall–Kier alpha value is -0.300. The highest BCUT2D eigenvalue weighted by Gasteiger charge is 2.02. The third-order valence-electron chi connectivity index (χ3n) is 2.31. The fourth-order valence-electron chi connectivity index (χ4n) is 1.59. The number of allylic oxidation sites excluding steroid dienone is 1. The lowest BCUT2D eigenvalue weighted by molar-refractivity contribution is 0.520. The van der Waals surface area contributed by atoms with E-state index in [-0.39, 0.29) is 0 Å². The molecule has 0 bridgehead atoms. The normalized spacial score (nSPS) is 12.6. The van der Waals surface area contributed by atoms with Crippen molar-refractivity contribution in [2.45, 2.75) is 65.8 Å². The van der Waals surface area contributed by atoms with Crippen LogP contribution in [0.1, 0.15) is 59.8 Å². The predicted octanol–water partition coefficient (Wildman–Crippen LogP) is 3.90. The Bertz CT molecular complexity index is 145. The molecule has 0 fully saturated rings. The van der Waals surface area contributed by atoms with E-state index < -0.39 is 0 Å². The molecule has 0 rings (SSSR count). The van der Waals surface area contributed by atoms with Crippen LogP contribution in [0.4, 0.5) is 0 Å². The molecule has 0 saturated heterocycles. The monoisotopic (exact) mass is 197 g/mol. The maximum absolute atomic E-state index is 3.58. The summed E-state index contributed by atoms with van der Waals surface area (Å²) < 4.78 is 0. The fourth-order valence-corrected chi connectivity index (χ4v) is 1.59. The maximum Gasteiger partial charge on any atom is 0.0252 e. The third-order valence-corrected chi connectivity index (χ3v) is 2.31. The smallest absolute Gasteiger partial charge is 0.0252 e. The molecule has 0 aliphatic heterocycles. The van der Waals surface area contributed by atoms with E-state index in [9.17, 15) is 0 Å². The third kappa shape index (κ3) is 8.31. The lowest BCUT2D eigenvalue weighted by Crippen LogP contribution is -2.28. The molecule has 0 spiro atoms. The minimum absolute atomic E-state index is 0.603. The van der Waals surface area contributed by atoms with Gasteiger partial charge in [-0.2, -0.15) is 0 Å². The zero-order chi connectivity index (χ0) is 10.8. The largest absolute Gasteiger partial charge is 0.311 e. The van der Waals surface area contributed by atoms with Gasteiger partial charge in [0.2, 0.25) is 0 Å². The Kier molecular flexibility index (Phi) is 9.06. The standard InChI is InChI=1S/C13H27N/c1-5-7-8-9-13(11-12(3)4)14-10-6-2/h11,13-14H,5-10H2,1-4H3. The molecule has 1 unspecified atom stereocenters. The summed E-state index contributed by atoms with van der Waals surface area (Å²) in [5, 5.41) is 3.58. The summed E-state index contributed by atoms with van der Waals surface area (Å²) in [6.07, 6.45) is 8.91. The van der Waals surface area contributed by atoms with Gasteiger partial charge in [-0.3, -0.25) is 0 Å². The van der Waals surface area contributed by atoms with Crippen molar-refractivity contribution < 1.29 is 0 Å². The molecule has 0 saturated carbocycles. The summed E-state index contributed by atoms with van der Waals surface area (Å²) in [5.74, 6) is 0. The molecular weight excluding hydrogens is 170 g/mol. The molecule has 1 N–H and O–H groups in total. The molecule has 1 heteroatoms. The van der Waals surface area contributed by atoms with Gasteiger partial charge in [0.1, 0.15) is 0 Å². The van der Waals surface area contributed by atoms with Crippen LogP contribution in [0.2, 0.25) is 0 Å². The molecule has 0 aromatic rings. The molecule has 0 aromatic heterocycles. The lowest BCUT2D eigenvalue weighted by Gasteiger charge is -2.15. The summed E-state index contributed by atoms with van der Waals surface area (Å²) in [4.78, 5) is 0. The molecule has 84 valence electrons. The van der Waals surface area contributed by atoms with Crippen LogP contribution in [0, 0.1) is 0 Å². The van der Waals surface area contributed by atoms with E-state index in [0.29, 0.717) is 6.04 Å². The molecule has 0 aromatic carbocycles. The number of rotatable bonds is 8. The quantitative estimate of drug-likeness (QED) is 0.459. The second kappa shape index (κ2) is 9.26. The highest BCUT2D eigenvalue weighted by molar-refractivity contribution is 5.00. The number of hydrogen-bond donors (Lipinski definition) is 1. The van der Waals surface area contributed by atoms with Crippen LogP contribution in [0.3, 0.4) is 0 Å². The van der Waals surface area contributed by atoms with Crippen LogP contribution in [-0.4, -0.2) is 12.6 Å². The summed E-state index contributed by atoms with van der Waals surface area (Å²) in [7, 11) is 0. The zero-order valence-corrected chi connectivity index (χ0v) is 10.4. The maximum atomic E-state index is 3.58. The van der Waals surface area contributed by atoms with Gasteiger partial charge < -0.3 is 5.32 Å². The summed E-state index contributed by atoms with van der Waals surface area (Å²) >= 11 is 0. The van der Waals surface area contributed by atoms with Crippen LogP contribution < -0.4 is 5.32 Å². The van der Waals surface area contributed by atoms with Gasteiger partial charge in [0.15, 0.2) is 0 Å². The first-order chi connectivity index (χ1) is 6.70. The second-order valence-electron chi connectivity index (χ2n) is 4.30. The van der Waals surface area contributed by atoms with Crippen LogP contribution >= 0.6 is 0 Å². The SMILES string of the molecule is CCCCCC(C=C(C)C)NCCC. The van der Waals surface area contributed by atoms with Crippen molar-refractivity contribution in [3.05, 3.63) is 11.6 Å². The topological polar surface area (TPSA) is 12.0 Å². The summed E-state index contributed by atoms with van der Waals surface area (Å²) in [5.41, 5.74) is 1.43. The molecule has 0 aliphatic carbocycles. The summed E-state index contributed by atoms with van der Waals surface area (Å²) in [6, 6.07) is 0.603. The first-order valence-corrected chi connectivity index (χ1v) is 6.09. The molecule has 1 nitrogen and oxygen atoms in total.